The first-order valence-electron chi connectivity index (χ1n) is 8.37. The van der Waals surface area contributed by atoms with Crippen LogP contribution in [0.25, 0.3) is 0 Å². The van der Waals surface area contributed by atoms with E-state index in [1.54, 1.807) is 13.0 Å². The fourth-order valence-corrected chi connectivity index (χ4v) is 2.43. The minimum absolute atomic E-state index is 0.168. The molecule has 0 unspecified atom stereocenters. The SMILES string of the molecule is Cc1nc(NCCN2CCOCC2)cc(C(=O)NCCN(C)C)n1. The molecule has 8 nitrogen and oxygen atoms in total. The Hall–Kier alpha value is -1.77. The molecule has 134 valence electrons. The van der Waals surface area contributed by atoms with E-state index in [1.165, 1.54) is 0 Å². The van der Waals surface area contributed by atoms with Crippen molar-refractivity contribution in [3.63, 3.8) is 0 Å². The number of aromatic nitrogens is 2. The molecule has 0 radical (unpaired) electrons. The standard InChI is InChI=1S/C16H28N6O2/c1-13-19-14(16(23)18-4-6-21(2)3)12-15(20-13)17-5-7-22-8-10-24-11-9-22/h12H,4-11H2,1-3H3,(H,18,23)(H,17,19,20). The molecule has 1 amide bonds. The van der Waals surface area contributed by atoms with E-state index in [0.717, 1.165) is 45.9 Å². The largest absolute Gasteiger partial charge is 0.379 e. The Kier molecular flexibility index (Phi) is 7.36. The summed E-state index contributed by atoms with van der Waals surface area (Å²) in [6.07, 6.45) is 0. The van der Waals surface area contributed by atoms with Crippen molar-refractivity contribution in [3.8, 4) is 0 Å². The van der Waals surface area contributed by atoms with E-state index < -0.39 is 0 Å². The highest BCUT2D eigenvalue weighted by atomic mass is 16.5. The van der Waals surface area contributed by atoms with Crippen molar-refractivity contribution in [2.24, 2.45) is 0 Å². The second-order valence-corrected chi connectivity index (χ2v) is 6.13. The van der Waals surface area contributed by atoms with E-state index >= 15 is 0 Å². The topological polar surface area (TPSA) is 82.6 Å². The van der Waals surface area contributed by atoms with Gasteiger partial charge in [-0.25, -0.2) is 9.97 Å². The van der Waals surface area contributed by atoms with Gasteiger partial charge in [-0.15, -0.1) is 0 Å². The minimum atomic E-state index is -0.168. The number of carbonyl (C=O) groups is 1. The summed E-state index contributed by atoms with van der Waals surface area (Å²) in [5.41, 5.74) is 0.398. The number of morpholine rings is 1. The summed E-state index contributed by atoms with van der Waals surface area (Å²) in [7, 11) is 3.94. The molecule has 0 spiro atoms. The third kappa shape index (κ3) is 6.38. The fraction of sp³-hybridized carbons (Fsp3) is 0.688. The predicted molar refractivity (Wildman–Crippen MR) is 93.4 cm³/mol. The molecule has 2 N–H and O–H groups in total. The van der Waals surface area contributed by atoms with Crippen LogP contribution < -0.4 is 10.6 Å². The van der Waals surface area contributed by atoms with Crippen LogP contribution in [0, 0.1) is 6.92 Å². The Morgan fingerprint density at radius 1 is 1.29 bits per heavy atom. The highest BCUT2D eigenvalue weighted by Crippen LogP contribution is 2.07. The average molecular weight is 336 g/mol. The Labute approximate surface area is 143 Å². The predicted octanol–water partition coefficient (Wildman–Crippen LogP) is -0.179. The highest BCUT2D eigenvalue weighted by Gasteiger charge is 2.12. The molecule has 24 heavy (non-hydrogen) atoms. The average Bonchev–Trinajstić information content (AvgIpc) is 2.55. The monoisotopic (exact) mass is 336 g/mol. The van der Waals surface area contributed by atoms with Crippen molar-refractivity contribution < 1.29 is 9.53 Å². The second-order valence-electron chi connectivity index (χ2n) is 6.13. The molecule has 2 rings (SSSR count). The molecular formula is C16H28N6O2. The van der Waals surface area contributed by atoms with Gasteiger partial charge in [0, 0.05) is 45.3 Å². The third-order valence-electron chi connectivity index (χ3n) is 3.75. The van der Waals surface area contributed by atoms with Gasteiger partial charge in [0.2, 0.25) is 0 Å². The first-order chi connectivity index (χ1) is 11.5. The van der Waals surface area contributed by atoms with Crippen molar-refractivity contribution in [1.29, 1.82) is 0 Å². The minimum Gasteiger partial charge on any atom is -0.379 e. The normalized spacial score (nSPS) is 15.5. The molecule has 1 saturated heterocycles. The Morgan fingerprint density at radius 2 is 2.04 bits per heavy atom. The van der Waals surface area contributed by atoms with Crippen LogP contribution in [0.1, 0.15) is 16.3 Å². The lowest BCUT2D eigenvalue weighted by molar-refractivity contribution is 0.0398. The number of carbonyl (C=O) groups excluding carboxylic acids is 1. The zero-order chi connectivity index (χ0) is 17.4. The number of aryl methyl sites for hydroxylation is 1. The number of amides is 1. The molecule has 8 heteroatoms. The number of ether oxygens (including phenoxy) is 1. The molecule has 0 aliphatic carbocycles. The number of rotatable bonds is 8. The van der Waals surface area contributed by atoms with E-state index in [-0.39, 0.29) is 5.91 Å². The molecule has 0 bridgehead atoms. The Bertz CT molecular complexity index is 531. The lowest BCUT2D eigenvalue weighted by Gasteiger charge is -2.26. The van der Waals surface area contributed by atoms with Crippen LogP contribution >= 0.6 is 0 Å². The number of hydrogen-bond donors (Lipinski definition) is 2. The van der Waals surface area contributed by atoms with Gasteiger partial charge in [-0.3, -0.25) is 9.69 Å². The Morgan fingerprint density at radius 3 is 2.75 bits per heavy atom. The molecule has 1 aromatic heterocycles. The first-order valence-corrected chi connectivity index (χ1v) is 8.37. The van der Waals surface area contributed by atoms with E-state index in [2.05, 4.69) is 25.5 Å². The number of hydrogen-bond acceptors (Lipinski definition) is 7. The molecule has 1 fully saturated rings. The van der Waals surface area contributed by atoms with Crippen molar-refractivity contribution in [2.45, 2.75) is 6.92 Å². The van der Waals surface area contributed by atoms with Gasteiger partial charge in [0.15, 0.2) is 0 Å². The van der Waals surface area contributed by atoms with Gasteiger partial charge in [0.25, 0.3) is 5.91 Å². The van der Waals surface area contributed by atoms with Gasteiger partial charge < -0.3 is 20.3 Å². The van der Waals surface area contributed by atoms with Gasteiger partial charge in [0.1, 0.15) is 17.3 Å². The van der Waals surface area contributed by atoms with Gasteiger partial charge >= 0.3 is 0 Å². The van der Waals surface area contributed by atoms with Crippen molar-refractivity contribution in [3.05, 3.63) is 17.6 Å². The van der Waals surface area contributed by atoms with Crippen LogP contribution in [0.3, 0.4) is 0 Å². The fourth-order valence-electron chi connectivity index (χ4n) is 2.43. The maximum Gasteiger partial charge on any atom is 0.270 e. The van der Waals surface area contributed by atoms with E-state index in [4.69, 9.17) is 4.74 Å². The van der Waals surface area contributed by atoms with E-state index in [0.29, 0.717) is 23.9 Å². The molecule has 0 aromatic carbocycles. The smallest absolute Gasteiger partial charge is 0.270 e. The lowest BCUT2D eigenvalue weighted by atomic mass is 10.3. The first kappa shape index (κ1) is 18.6. The van der Waals surface area contributed by atoms with Crippen molar-refractivity contribution in [1.82, 2.24) is 25.1 Å². The van der Waals surface area contributed by atoms with Crippen molar-refractivity contribution >= 4 is 11.7 Å². The molecular weight excluding hydrogens is 308 g/mol. The van der Waals surface area contributed by atoms with Crippen LogP contribution in [-0.2, 0) is 4.74 Å². The van der Waals surface area contributed by atoms with Crippen molar-refractivity contribution in [2.75, 3.05) is 71.9 Å². The zero-order valence-corrected chi connectivity index (χ0v) is 14.8. The highest BCUT2D eigenvalue weighted by molar-refractivity contribution is 5.92. The summed E-state index contributed by atoms with van der Waals surface area (Å²) < 4.78 is 5.34. The van der Waals surface area contributed by atoms with Gasteiger partial charge in [0.05, 0.1) is 13.2 Å². The summed E-state index contributed by atoms with van der Waals surface area (Å²) in [6.45, 7) is 8.40. The summed E-state index contributed by atoms with van der Waals surface area (Å²) in [6, 6.07) is 1.71. The molecule has 1 aliphatic heterocycles. The van der Waals surface area contributed by atoms with E-state index in [9.17, 15) is 4.79 Å². The van der Waals surface area contributed by atoms with E-state index in [1.807, 2.05) is 19.0 Å². The summed E-state index contributed by atoms with van der Waals surface area (Å²) in [5.74, 6) is 1.11. The van der Waals surface area contributed by atoms with Crippen LogP contribution in [0.15, 0.2) is 6.07 Å². The molecule has 2 heterocycles. The Balaban J connectivity index is 1.84. The molecule has 0 atom stereocenters. The number of likely N-dealkylation sites (N-methyl/N-ethyl adjacent to an activating group) is 1. The lowest BCUT2D eigenvalue weighted by Crippen LogP contribution is -2.39. The maximum absolute atomic E-state index is 12.2. The van der Waals surface area contributed by atoms with Gasteiger partial charge in [-0.1, -0.05) is 0 Å². The zero-order valence-electron chi connectivity index (χ0n) is 14.8. The molecule has 0 saturated carbocycles. The number of anilines is 1. The summed E-state index contributed by atoms with van der Waals surface area (Å²) >= 11 is 0. The number of nitrogens with zero attached hydrogens (tertiary/aromatic N) is 4. The van der Waals surface area contributed by atoms with Crippen LogP contribution in [0.2, 0.25) is 0 Å². The number of nitrogens with one attached hydrogen (secondary N) is 2. The second kappa shape index (κ2) is 9.51. The summed E-state index contributed by atoms with van der Waals surface area (Å²) in [4.78, 5) is 25.1. The molecule has 1 aliphatic rings. The van der Waals surface area contributed by atoms with Crippen LogP contribution in [0.5, 0.6) is 0 Å². The van der Waals surface area contributed by atoms with Gasteiger partial charge in [-0.05, 0) is 21.0 Å². The summed E-state index contributed by atoms with van der Waals surface area (Å²) in [5, 5.41) is 6.15. The quantitative estimate of drug-likeness (QED) is 0.681. The third-order valence-corrected chi connectivity index (χ3v) is 3.75. The molecule has 1 aromatic rings. The van der Waals surface area contributed by atoms with Gasteiger partial charge in [-0.2, -0.15) is 0 Å². The van der Waals surface area contributed by atoms with Crippen LogP contribution in [0.4, 0.5) is 5.82 Å². The maximum atomic E-state index is 12.2. The van der Waals surface area contributed by atoms with Crippen LogP contribution in [-0.4, -0.2) is 92.3 Å².